The van der Waals surface area contributed by atoms with E-state index < -0.39 is 0 Å². The second-order valence-electron chi connectivity index (χ2n) is 7.58. The molecule has 0 aliphatic heterocycles. The third kappa shape index (κ3) is 5.51. The van der Waals surface area contributed by atoms with Crippen LogP contribution in [-0.2, 0) is 0 Å². The van der Waals surface area contributed by atoms with E-state index in [2.05, 4.69) is 20.4 Å². The van der Waals surface area contributed by atoms with Gasteiger partial charge in [-0.2, -0.15) is 10.1 Å². The number of anilines is 1. The summed E-state index contributed by atoms with van der Waals surface area (Å²) in [5, 5.41) is 7.07. The zero-order valence-electron chi connectivity index (χ0n) is 18.8. The van der Waals surface area contributed by atoms with Crippen molar-refractivity contribution in [2.45, 2.75) is 6.92 Å². The summed E-state index contributed by atoms with van der Waals surface area (Å²) < 4.78 is 13.3. The topological polar surface area (TPSA) is 91.2 Å². The molecule has 172 valence electrons. The van der Waals surface area contributed by atoms with E-state index >= 15 is 0 Å². The Morgan fingerprint density at radius 3 is 2.20 bits per heavy atom. The Morgan fingerprint density at radius 2 is 1.49 bits per heavy atom. The van der Waals surface area contributed by atoms with Crippen molar-refractivity contribution in [1.82, 2.24) is 19.7 Å². The van der Waals surface area contributed by atoms with Crippen LogP contribution in [0, 0.1) is 6.92 Å². The van der Waals surface area contributed by atoms with E-state index in [0.29, 0.717) is 40.3 Å². The molecule has 0 saturated carbocycles. The highest BCUT2D eigenvalue weighted by atomic mass is 16.5. The van der Waals surface area contributed by atoms with E-state index in [-0.39, 0.29) is 5.91 Å². The zero-order chi connectivity index (χ0) is 24.0. The van der Waals surface area contributed by atoms with Crippen LogP contribution >= 0.6 is 0 Å². The van der Waals surface area contributed by atoms with Crippen LogP contribution in [0.15, 0.2) is 103 Å². The van der Waals surface area contributed by atoms with Crippen LogP contribution in [0.5, 0.6) is 23.1 Å². The molecule has 2 aromatic heterocycles. The minimum Gasteiger partial charge on any atom is -0.457 e. The highest BCUT2D eigenvalue weighted by Gasteiger charge is 2.09. The SMILES string of the molecule is Cc1nc(Oc2ccc(NC(=O)c3ccc(Oc4ccccc4)cc3)cc2)cc(-n2cccn2)n1. The molecule has 3 aromatic carbocycles. The van der Waals surface area contributed by atoms with Gasteiger partial charge in [-0.25, -0.2) is 9.67 Å². The fourth-order valence-electron chi connectivity index (χ4n) is 3.33. The van der Waals surface area contributed by atoms with Crippen molar-refractivity contribution < 1.29 is 14.3 Å². The van der Waals surface area contributed by atoms with Gasteiger partial charge in [-0.1, -0.05) is 18.2 Å². The summed E-state index contributed by atoms with van der Waals surface area (Å²) in [6, 6.07) is 27.0. The number of hydrogen-bond acceptors (Lipinski definition) is 6. The van der Waals surface area contributed by atoms with Gasteiger partial charge in [-0.05, 0) is 73.7 Å². The number of aromatic nitrogens is 4. The molecule has 0 spiro atoms. The monoisotopic (exact) mass is 463 g/mol. The van der Waals surface area contributed by atoms with Crippen molar-refractivity contribution in [3.8, 4) is 28.9 Å². The molecule has 0 radical (unpaired) electrons. The lowest BCUT2D eigenvalue weighted by atomic mass is 10.2. The van der Waals surface area contributed by atoms with Crippen LogP contribution in [0.2, 0.25) is 0 Å². The fraction of sp³-hybridized carbons (Fsp3) is 0.0370. The average Bonchev–Trinajstić information content (AvgIpc) is 3.41. The van der Waals surface area contributed by atoms with E-state index in [9.17, 15) is 4.79 Å². The first-order valence-electron chi connectivity index (χ1n) is 10.9. The number of benzene rings is 3. The standard InChI is InChI=1S/C27H21N5O3/c1-19-29-25(32-17-5-16-28-32)18-26(30-19)35-24-14-10-21(11-15-24)31-27(33)20-8-12-23(13-9-20)34-22-6-3-2-4-7-22/h2-18H,1H3,(H,31,33). The van der Waals surface area contributed by atoms with Crippen molar-refractivity contribution in [3.05, 3.63) is 115 Å². The summed E-state index contributed by atoms with van der Waals surface area (Å²) in [6.07, 6.45) is 3.48. The molecule has 0 aliphatic rings. The summed E-state index contributed by atoms with van der Waals surface area (Å²) in [5.74, 6) is 3.33. The smallest absolute Gasteiger partial charge is 0.255 e. The Balaban J connectivity index is 1.21. The number of carbonyl (C=O) groups excluding carboxylic acids is 1. The molecule has 8 nitrogen and oxygen atoms in total. The van der Waals surface area contributed by atoms with Gasteiger partial charge in [-0.3, -0.25) is 4.79 Å². The van der Waals surface area contributed by atoms with Crippen molar-refractivity contribution in [1.29, 1.82) is 0 Å². The minimum atomic E-state index is -0.222. The minimum absolute atomic E-state index is 0.222. The maximum atomic E-state index is 12.6. The molecule has 35 heavy (non-hydrogen) atoms. The summed E-state index contributed by atoms with van der Waals surface area (Å²) in [4.78, 5) is 21.3. The van der Waals surface area contributed by atoms with Crippen LogP contribution in [0.3, 0.4) is 0 Å². The molecule has 1 N–H and O–H groups in total. The largest absolute Gasteiger partial charge is 0.457 e. The molecule has 0 fully saturated rings. The van der Waals surface area contributed by atoms with Crippen molar-refractivity contribution >= 4 is 11.6 Å². The third-order valence-corrected chi connectivity index (χ3v) is 4.97. The number of ether oxygens (including phenoxy) is 2. The Hall–Kier alpha value is -4.98. The number of amides is 1. The van der Waals surface area contributed by atoms with Crippen LogP contribution in [0.25, 0.3) is 5.82 Å². The normalized spacial score (nSPS) is 10.5. The molecule has 8 heteroatoms. The Kier molecular flexibility index (Phi) is 6.17. The summed E-state index contributed by atoms with van der Waals surface area (Å²) in [6.45, 7) is 1.79. The van der Waals surface area contributed by atoms with Gasteiger partial charge in [0.2, 0.25) is 5.88 Å². The molecule has 0 atom stereocenters. The van der Waals surface area contributed by atoms with Gasteiger partial charge >= 0.3 is 0 Å². The molecular weight excluding hydrogens is 442 g/mol. The number of carbonyl (C=O) groups is 1. The highest BCUT2D eigenvalue weighted by molar-refractivity contribution is 6.04. The first-order valence-corrected chi connectivity index (χ1v) is 10.9. The second-order valence-corrected chi connectivity index (χ2v) is 7.58. The number of hydrogen-bond donors (Lipinski definition) is 1. The van der Waals surface area contributed by atoms with E-state index in [1.54, 1.807) is 78.6 Å². The molecule has 1 amide bonds. The first-order chi connectivity index (χ1) is 17.1. The van der Waals surface area contributed by atoms with Crippen molar-refractivity contribution in [3.63, 3.8) is 0 Å². The van der Waals surface area contributed by atoms with Gasteiger partial charge in [0.1, 0.15) is 23.1 Å². The van der Waals surface area contributed by atoms with Crippen molar-refractivity contribution in [2.75, 3.05) is 5.32 Å². The van der Waals surface area contributed by atoms with E-state index in [1.807, 2.05) is 36.4 Å². The Labute approximate surface area is 201 Å². The van der Waals surface area contributed by atoms with Crippen LogP contribution in [0.4, 0.5) is 5.69 Å². The molecule has 2 heterocycles. The molecular formula is C27H21N5O3. The third-order valence-electron chi connectivity index (χ3n) is 4.97. The lowest BCUT2D eigenvalue weighted by molar-refractivity contribution is 0.102. The van der Waals surface area contributed by atoms with Gasteiger partial charge in [0.25, 0.3) is 5.91 Å². The number of aryl methyl sites for hydroxylation is 1. The average molecular weight is 463 g/mol. The first kappa shape index (κ1) is 21.8. The van der Waals surface area contributed by atoms with Crippen LogP contribution in [-0.4, -0.2) is 25.7 Å². The Morgan fingerprint density at radius 1 is 0.800 bits per heavy atom. The van der Waals surface area contributed by atoms with E-state index in [4.69, 9.17) is 9.47 Å². The quantitative estimate of drug-likeness (QED) is 0.328. The maximum Gasteiger partial charge on any atom is 0.255 e. The number of nitrogens with one attached hydrogen (secondary N) is 1. The second kappa shape index (κ2) is 9.88. The van der Waals surface area contributed by atoms with Crippen molar-refractivity contribution in [2.24, 2.45) is 0 Å². The van der Waals surface area contributed by atoms with Gasteiger partial charge in [0, 0.05) is 29.7 Å². The van der Waals surface area contributed by atoms with Crippen LogP contribution in [0.1, 0.15) is 16.2 Å². The summed E-state index contributed by atoms with van der Waals surface area (Å²) >= 11 is 0. The zero-order valence-corrected chi connectivity index (χ0v) is 18.8. The highest BCUT2D eigenvalue weighted by Crippen LogP contribution is 2.24. The predicted molar refractivity (Wildman–Crippen MR) is 131 cm³/mol. The lowest BCUT2D eigenvalue weighted by Gasteiger charge is -2.10. The lowest BCUT2D eigenvalue weighted by Crippen LogP contribution is -2.11. The molecule has 0 aliphatic carbocycles. The maximum absolute atomic E-state index is 12.6. The molecule has 0 unspecified atom stereocenters. The number of para-hydroxylation sites is 1. The van der Waals surface area contributed by atoms with E-state index in [0.717, 1.165) is 5.75 Å². The summed E-state index contributed by atoms with van der Waals surface area (Å²) in [5.41, 5.74) is 1.16. The van der Waals surface area contributed by atoms with Gasteiger partial charge < -0.3 is 14.8 Å². The molecule has 0 bridgehead atoms. The number of nitrogens with zero attached hydrogens (tertiary/aromatic N) is 4. The molecule has 5 rings (SSSR count). The molecule has 5 aromatic rings. The van der Waals surface area contributed by atoms with Gasteiger partial charge in [0.05, 0.1) is 0 Å². The Bertz CT molecular complexity index is 1420. The summed E-state index contributed by atoms with van der Waals surface area (Å²) in [7, 11) is 0. The predicted octanol–water partition coefficient (Wildman–Crippen LogP) is 5.81. The number of rotatable bonds is 7. The van der Waals surface area contributed by atoms with Crippen LogP contribution < -0.4 is 14.8 Å². The fourth-order valence-corrected chi connectivity index (χ4v) is 3.33. The van der Waals surface area contributed by atoms with E-state index in [1.165, 1.54) is 0 Å². The van der Waals surface area contributed by atoms with Gasteiger partial charge in [0.15, 0.2) is 5.82 Å². The molecule has 0 saturated heterocycles. The van der Waals surface area contributed by atoms with Gasteiger partial charge in [-0.15, -0.1) is 0 Å².